The van der Waals surface area contributed by atoms with Crippen molar-refractivity contribution < 1.29 is 14.7 Å². The van der Waals surface area contributed by atoms with E-state index in [1.807, 2.05) is 0 Å². The Hall–Kier alpha value is -1.10. The average molecular weight is 202 g/mol. The minimum Gasteiger partial charge on any atom is -0.481 e. The summed E-state index contributed by atoms with van der Waals surface area (Å²) in [5.74, 6) is -1.54. The lowest BCUT2D eigenvalue weighted by Crippen LogP contribution is -2.43. The molecule has 0 rings (SSSR count). The first kappa shape index (κ1) is 12.9. The van der Waals surface area contributed by atoms with Crippen LogP contribution < -0.4 is 10.6 Å². The van der Waals surface area contributed by atoms with Gasteiger partial charge in [-0.3, -0.25) is 9.59 Å². The van der Waals surface area contributed by atoms with Crippen LogP contribution >= 0.6 is 0 Å². The van der Waals surface area contributed by atoms with E-state index in [1.54, 1.807) is 20.9 Å². The summed E-state index contributed by atoms with van der Waals surface area (Å²) in [5, 5.41) is 14.1. The van der Waals surface area contributed by atoms with Crippen molar-refractivity contribution in [2.24, 2.45) is 5.92 Å². The van der Waals surface area contributed by atoms with E-state index < -0.39 is 11.9 Å². The van der Waals surface area contributed by atoms with E-state index in [0.717, 1.165) is 0 Å². The van der Waals surface area contributed by atoms with Crippen LogP contribution in [0.2, 0.25) is 0 Å². The van der Waals surface area contributed by atoms with Crippen molar-refractivity contribution in [2.75, 3.05) is 13.6 Å². The molecule has 0 fully saturated rings. The Bertz CT molecular complexity index is 206. The Morgan fingerprint density at radius 2 is 2.00 bits per heavy atom. The zero-order valence-electron chi connectivity index (χ0n) is 8.83. The van der Waals surface area contributed by atoms with Crippen molar-refractivity contribution in [2.45, 2.75) is 26.3 Å². The van der Waals surface area contributed by atoms with Gasteiger partial charge in [0.05, 0.1) is 12.0 Å². The van der Waals surface area contributed by atoms with Crippen molar-refractivity contribution >= 4 is 11.9 Å². The molecular weight excluding hydrogens is 184 g/mol. The van der Waals surface area contributed by atoms with Gasteiger partial charge in [-0.25, -0.2) is 0 Å². The second-order valence-corrected chi connectivity index (χ2v) is 3.20. The molecular formula is C9H18N2O3. The Balaban J connectivity index is 3.91. The lowest BCUT2D eigenvalue weighted by molar-refractivity contribution is -0.141. The molecule has 1 amide bonds. The first-order chi connectivity index (χ1) is 6.52. The standard InChI is InChI=1S/C9H18N2O3/c1-4-7(9(13)14)5-11-8(12)6(2)10-3/h6-7,10H,4-5H2,1-3H3,(H,11,12)(H,13,14). The average Bonchev–Trinajstić information content (AvgIpc) is 2.16. The van der Waals surface area contributed by atoms with E-state index in [2.05, 4.69) is 10.6 Å². The lowest BCUT2D eigenvalue weighted by atomic mass is 10.1. The van der Waals surface area contributed by atoms with Crippen LogP contribution in [0.15, 0.2) is 0 Å². The highest BCUT2D eigenvalue weighted by Gasteiger charge is 2.17. The molecule has 0 spiro atoms. The Morgan fingerprint density at radius 1 is 1.43 bits per heavy atom. The number of hydrogen-bond acceptors (Lipinski definition) is 3. The second-order valence-electron chi connectivity index (χ2n) is 3.20. The van der Waals surface area contributed by atoms with Crippen molar-refractivity contribution in [1.82, 2.24) is 10.6 Å². The van der Waals surface area contributed by atoms with Gasteiger partial charge in [0.2, 0.25) is 5.91 Å². The molecule has 0 aliphatic carbocycles. The van der Waals surface area contributed by atoms with Gasteiger partial charge in [0, 0.05) is 6.54 Å². The van der Waals surface area contributed by atoms with Gasteiger partial charge in [-0.05, 0) is 20.4 Å². The normalized spacial score (nSPS) is 14.5. The van der Waals surface area contributed by atoms with Gasteiger partial charge in [-0.1, -0.05) is 6.92 Å². The molecule has 2 unspecified atom stereocenters. The quantitative estimate of drug-likeness (QED) is 0.558. The third-order valence-electron chi connectivity index (χ3n) is 2.19. The van der Waals surface area contributed by atoms with Crippen LogP contribution in [0.4, 0.5) is 0 Å². The topological polar surface area (TPSA) is 78.4 Å². The van der Waals surface area contributed by atoms with E-state index in [9.17, 15) is 9.59 Å². The molecule has 0 aliphatic rings. The first-order valence-corrected chi connectivity index (χ1v) is 4.70. The van der Waals surface area contributed by atoms with E-state index in [-0.39, 0.29) is 18.5 Å². The van der Waals surface area contributed by atoms with Gasteiger partial charge in [0.1, 0.15) is 0 Å². The predicted molar refractivity (Wildman–Crippen MR) is 52.9 cm³/mol. The minimum atomic E-state index is -0.870. The highest BCUT2D eigenvalue weighted by atomic mass is 16.4. The molecule has 82 valence electrons. The monoisotopic (exact) mass is 202 g/mol. The summed E-state index contributed by atoms with van der Waals surface area (Å²) in [7, 11) is 1.68. The molecule has 0 aromatic heterocycles. The number of carboxylic acids is 1. The van der Waals surface area contributed by atoms with Crippen LogP contribution in [-0.4, -0.2) is 36.6 Å². The number of rotatable bonds is 6. The van der Waals surface area contributed by atoms with E-state index >= 15 is 0 Å². The molecule has 0 radical (unpaired) electrons. The number of nitrogens with one attached hydrogen (secondary N) is 2. The molecule has 0 saturated heterocycles. The highest BCUT2D eigenvalue weighted by molar-refractivity contribution is 5.81. The maximum absolute atomic E-state index is 11.3. The summed E-state index contributed by atoms with van der Waals surface area (Å²) in [4.78, 5) is 21.9. The molecule has 0 aliphatic heterocycles. The molecule has 14 heavy (non-hydrogen) atoms. The van der Waals surface area contributed by atoms with E-state index in [4.69, 9.17) is 5.11 Å². The van der Waals surface area contributed by atoms with Crippen molar-refractivity contribution in [3.05, 3.63) is 0 Å². The van der Waals surface area contributed by atoms with Crippen molar-refractivity contribution in [3.63, 3.8) is 0 Å². The number of amides is 1. The Kier molecular flexibility index (Phi) is 5.87. The number of likely N-dealkylation sites (N-methyl/N-ethyl adjacent to an activating group) is 1. The van der Waals surface area contributed by atoms with Crippen LogP contribution in [0, 0.1) is 5.92 Å². The fourth-order valence-electron chi connectivity index (χ4n) is 0.914. The summed E-state index contributed by atoms with van der Waals surface area (Å²) in [6, 6.07) is -0.290. The van der Waals surface area contributed by atoms with Crippen molar-refractivity contribution in [3.8, 4) is 0 Å². The van der Waals surface area contributed by atoms with Gasteiger partial charge in [-0.2, -0.15) is 0 Å². The lowest BCUT2D eigenvalue weighted by Gasteiger charge is -2.14. The second kappa shape index (κ2) is 6.37. The van der Waals surface area contributed by atoms with Crippen LogP contribution in [0.3, 0.4) is 0 Å². The number of carbonyl (C=O) groups is 2. The largest absolute Gasteiger partial charge is 0.481 e. The molecule has 3 N–H and O–H groups in total. The van der Waals surface area contributed by atoms with Gasteiger partial charge in [0.25, 0.3) is 0 Å². The van der Waals surface area contributed by atoms with Gasteiger partial charge in [0.15, 0.2) is 0 Å². The number of carboxylic acid groups (broad SMARTS) is 1. The summed E-state index contributed by atoms with van der Waals surface area (Å²) in [6.07, 6.45) is 0.517. The van der Waals surface area contributed by atoms with Crippen LogP contribution in [-0.2, 0) is 9.59 Å². The van der Waals surface area contributed by atoms with Crippen molar-refractivity contribution in [1.29, 1.82) is 0 Å². The van der Waals surface area contributed by atoms with Crippen LogP contribution in [0.5, 0.6) is 0 Å². The number of aliphatic carboxylic acids is 1. The molecule has 0 aromatic carbocycles. The molecule has 0 bridgehead atoms. The smallest absolute Gasteiger partial charge is 0.308 e. The molecule has 0 heterocycles. The third kappa shape index (κ3) is 4.23. The predicted octanol–water partition coefficient (Wildman–Crippen LogP) is -0.179. The zero-order chi connectivity index (χ0) is 11.1. The maximum atomic E-state index is 11.3. The highest BCUT2D eigenvalue weighted by Crippen LogP contribution is 2.00. The summed E-state index contributed by atoms with van der Waals surface area (Å²) in [5.41, 5.74) is 0. The Morgan fingerprint density at radius 3 is 2.36 bits per heavy atom. The van der Waals surface area contributed by atoms with E-state index in [1.165, 1.54) is 0 Å². The molecule has 5 nitrogen and oxygen atoms in total. The zero-order valence-corrected chi connectivity index (χ0v) is 8.83. The first-order valence-electron chi connectivity index (χ1n) is 4.70. The molecule has 0 aromatic rings. The molecule has 0 saturated carbocycles. The maximum Gasteiger partial charge on any atom is 0.308 e. The van der Waals surface area contributed by atoms with E-state index in [0.29, 0.717) is 6.42 Å². The van der Waals surface area contributed by atoms with Gasteiger partial charge in [-0.15, -0.1) is 0 Å². The summed E-state index contributed by atoms with van der Waals surface area (Å²) >= 11 is 0. The van der Waals surface area contributed by atoms with Gasteiger partial charge < -0.3 is 15.7 Å². The Labute approximate surface area is 83.9 Å². The van der Waals surface area contributed by atoms with Crippen LogP contribution in [0.25, 0.3) is 0 Å². The minimum absolute atomic E-state index is 0.174. The third-order valence-corrected chi connectivity index (χ3v) is 2.19. The van der Waals surface area contributed by atoms with Gasteiger partial charge >= 0.3 is 5.97 Å². The fraction of sp³-hybridized carbons (Fsp3) is 0.778. The summed E-state index contributed by atoms with van der Waals surface area (Å²) < 4.78 is 0. The fourth-order valence-corrected chi connectivity index (χ4v) is 0.914. The molecule has 5 heteroatoms. The number of hydrogen-bond donors (Lipinski definition) is 3. The molecule has 2 atom stereocenters. The summed E-state index contributed by atoms with van der Waals surface area (Å²) in [6.45, 7) is 3.69. The SMILES string of the molecule is CCC(CNC(=O)C(C)NC)C(=O)O. The van der Waals surface area contributed by atoms with Crippen LogP contribution in [0.1, 0.15) is 20.3 Å². The number of carbonyl (C=O) groups excluding carboxylic acids is 1.